The van der Waals surface area contributed by atoms with Crippen molar-refractivity contribution < 1.29 is 28.9 Å². The molecule has 56 heavy (non-hydrogen) atoms. The Labute approximate surface area is 341 Å². The number of ether oxygens (including phenoxy) is 3. The van der Waals surface area contributed by atoms with Crippen LogP contribution in [0.5, 0.6) is 5.75 Å². The van der Waals surface area contributed by atoms with Crippen LogP contribution in [0.15, 0.2) is 54.6 Å². The number of amides is 2. The van der Waals surface area contributed by atoms with E-state index in [2.05, 4.69) is 24.5 Å². The number of nitrogens with one attached hydrogen (secondary N) is 2. The topological polar surface area (TPSA) is 106 Å². The van der Waals surface area contributed by atoms with Gasteiger partial charge in [-0.25, -0.2) is 4.79 Å². The first-order valence-electron chi connectivity index (χ1n) is 22.7. The molecule has 8 heteroatoms. The Morgan fingerprint density at radius 1 is 0.589 bits per heavy atom. The Balaban J connectivity index is 1.76. The Bertz CT molecular complexity index is 1190. The number of hydrogen-bond acceptors (Lipinski definition) is 5. The molecule has 2 aromatic rings. The predicted octanol–water partition coefficient (Wildman–Crippen LogP) is 12.4. The molecule has 0 heterocycles. The molecule has 0 aliphatic heterocycles. The van der Waals surface area contributed by atoms with Crippen LogP contribution in [0.4, 0.5) is 4.79 Å². The molecule has 0 saturated carbocycles. The molecule has 1 unspecified atom stereocenters. The SMILES string of the molecule is CCCCCCCCCCCCCCOCC(CNC(=O)[C@H](Cc1ccc(OCc2ccccc2)cc1)NC(=O)O)OCCCCCCCCCCCCCC. The lowest BCUT2D eigenvalue weighted by molar-refractivity contribution is -0.124. The van der Waals surface area contributed by atoms with Gasteiger partial charge in [0.1, 0.15) is 18.4 Å². The number of benzene rings is 2. The number of hydrogen-bond donors (Lipinski definition) is 3. The second-order valence-corrected chi connectivity index (χ2v) is 15.7. The molecule has 2 rings (SSSR count). The summed E-state index contributed by atoms with van der Waals surface area (Å²) in [6, 6.07) is 16.4. The summed E-state index contributed by atoms with van der Waals surface area (Å²) in [6.07, 6.45) is 29.7. The summed E-state index contributed by atoms with van der Waals surface area (Å²) in [5, 5.41) is 14.9. The number of carbonyl (C=O) groups is 2. The molecule has 0 bridgehead atoms. The maximum Gasteiger partial charge on any atom is 0.405 e. The lowest BCUT2D eigenvalue weighted by Gasteiger charge is -2.22. The summed E-state index contributed by atoms with van der Waals surface area (Å²) in [7, 11) is 0. The summed E-state index contributed by atoms with van der Waals surface area (Å²) in [6.45, 7) is 6.95. The minimum absolute atomic E-state index is 0.219. The summed E-state index contributed by atoms with van der Waals surface area (Å²) in [5.41, 5.74) is 1.90. The minimum atomic E-state index is -1.24. The first-order valence-corrected chi connectivity index (χ1v) is 22.7. The van der Waals surface area contributed by atoms with Crippen LogP contribution in [0.25, 0.3) is 0 Å². The van der Waals surface area contributed by atoms with Gasteiger partial charge in [-0.1, -0.05) is 198 Å². The highest BCUT2D eigenvalue weighted by atomic mass is 16.5. The Morgan fingerprint density at radius 3 is 1.57 bits per heavy atom. The second kappa shape index (κ2) is 35.1. The zero-order chi connectivity index (χ0) is 40.2. The lowest BCUT2D eigenvalue weighted by atomic mass is 10.0. The molecular weight excluding hydrogens is 701 g/mol. The van der Waals surface area contributed by atoms with E-state index < -0.39 is 12.1 Å². The number of rotatable bonds is 38. The molecule has 8 nitrogen and oxygen atoms in total. The molecule has 0 aliphatic rings. The van der Waals surface area contributed by atoms with Crippen molar-refractivity contribution in [3.8, 4) is 5.75 Å². The summed E-state index contributed by atoms with van der Waals surface area (Å²) >= 11 is 0. The molecule has 0 radical (unpaired) electrons. The normalized spacial score (nSPS) is 12.3. The van der Waals surface area contributed by atoms with E-state index in [4.69, 9.17) is 14.2 Å². The third kappa shape index (κ3) is 27.5. The molecule has 318 valence electrons. The molecular formula is C48H80N2O6. The van der Waals surface area contributed by atoms with Crippen molar-refractivity contribution >= 4 is 12.0 Å². The summed E-state index contributed by atoms with van der Waals surface area (Å²) in [5.74, 6) is 0.332. The second-order valence-electron chi connectivity index (χ2n) is 15.7. The molecule has 0 fully saturated rings. The van der Waals surface area contributed by atoms with Crippen molar-refractivity contribution in [2.24, 2.45) is 0 Å². The van der Waals surface area contributed by atoms with Gasteiger partial charge in [0.25, 0.3) is 0 Å². The number of unbranched alkanes of at least 4 members (excludes halogenated alkanes) is 22. The van der Waals surface area contributed by atoms with E-state index in [1.807, 2.05) is 54.6 Å². The third-order valence-corrected chi connectivity index (χ3v) is 10.5. The fourth-order valence-corrected chi connectivity index (χ4v) is 7.01. The van der Waals surface area contributed by atoms with E-state index in [1.54, 1.807) is 0 Å². The van der Waals surface area contributed by atoms with Gasteiger partial charge < -0.3 is 30.0 Å². The summed E-state index contributed by atoms with van der Waals surface area (Å²) < 4.78 is 18.2. The van der Waals surface area contributed by atoms with E-state index in [0.29, 0.717) is 32.2 Å². The first-order chi connectivity index (χ1) is 27.5. The highest BCUT2D eigenvalue weighted by Gasteiger charge is 2.22. The Morgan fingerprint density at radius 2 is 1.07 bits per heavy atom. The average Bonchev–Trinajstić information content (AvgIpc) is 3.21. The Hall–Kier alpha value is -3.10. The van der Waals surface area contributed by atoms with Crippen LogP contribution in [-0.2, 0) is 27.3 Å². The van der Waals surface area contributed by atoms with E-state index in [-0.39, 0.29) is 25.0 Å². The quantitative estimate of drug-likeness (QED) is 0.0586. The number of carboxylic acid groups (broad SMARTS) is 1. The smallest absolute Gasteiger partial charge is 0.405 e. The molecule has 2 amide bonds. The van der Waals surface area contributed by atoms with Gasteiger partial charge in [-0.15, -0.1) is 0 Å². The first kappa shape index (κ1) is 49.0. The van der Waals surface area contributed by atoms with Crippen LogP contribution in [0, 0.1) is 0 Å². The monoisotopic (exact) mass is 781 g/mol. The fraction of sp³-hybridized carbons (Fsp3) is 0.708. The maximum absolute atomic E-state index is 13.3. The average molecular weight is 781 g/mol. The summed E-state index contributed by atoms with van der Waals surface area (Å²) in [4.78, 5) is 25.0. The minimum Gasteiger partial charge on any atom is -0.489 e. The van der Waals surface area contributed by atoms with Crippen LogP contribution in [-0.4, -0.2) is 55.6 Å². The van der Waals surface area contributed by atoms with Crippen molar-refractivity contribution in [3.05, 3.63) is 65.7 Å². The van der Waals surface area contributed by atoms with Gasteiger partial charge in [0.15, 0.2) is 0 Å². The zero-order valence-electron chi connectivity index (χ0n) is 35.6. The molecule has 0 aromatic heterocycles. The predicted molar refractivity (Wildman–Crippen MR) is 232 cm³/mol. The maximum atomic E-state index is 13.3. The van der Waals surface area contributed by atoms with Crippen LogP contribution in [0.1, 0.15) is 179 Å². The standard InChI is InChI=1S/C48H80N2O6/c1-3-5-7-9-11-13-15-17-19-21-23-28-36-54-41-45(55-37-29-24-22-20-18-16-14-12-10-8-6-4-2)39-49-47(51)46(50-48(52)53)38-42-32-34-44(35-33-42)56-40-43-30-26-25-27-31-43/h25-27,30-35,45-46,50H,3-24,28-29,36-41H2,1-2H3,(H,49,51)(H,52,53)/t45?,46-/m0/s1. The highest BCUT2D eigenvalue weighted by Crippen LogP contribution is 2.17. The van der Waals surface area contributed by atoms with Crippen LogP contribution in [0.2, 0.25) is 0 Å². The molecule has 3 N–H and O–H groups in total. The van der Waals surface area contributed by atoms with Crippen molar-refractivity contribution in [1.82, 2.24) is 10.6 Å². The Kier molecular flexibility index (Phi) is 30.7. The molecule has 2 atom stereocenters. The lowest BCUT2D eigenvalue weighted by Crippen LogP contribution is -2.49. The largest absolute Gasteiger partial charge is 0.489 e. The van der Waals surface area contributed by atoms with Gasteiger partial charge in [0.05, 0.1) is 12.7 Å². The van der Waals surface area contributed by atoms with E-state index in [9.17, 15) is 14.7 Å². The molecule has 0 spiro atoms. The van der Waals surface area contributed by atoms with Gasteiger partial charge in [-0.05, 0) is 36.1 Å². The van der Waals surface area contributed by atoms with Gasteiger partial charge in [0.2, 0.25) is 5.91 Å². The third-order valence-electron chi connectivity index (χ3n) is 10.5. The number of carbonyl (C=O) groups excluding carboxylic acids is 1. The van der Waals surface area contributed by atoms with Crippen molar-refractivity contribution in [2.75, 3.05) is 26.4 Å². The van der Waals surface area contributed by atoms with Crippen LogP contribution >= 0.6 is 0 Å². The van der Waals surface area contributed by atoms with E-state index in [1.165, 1.54) is 135 Å². The van der Waals surface area contributed by atoms with Crippen molar-refractivity contribution in [1.29, 1.82) is 0 Å². The zero-order valence-corrected chi connectivity index (χ0v) is 35.6. The van der Waals surface area contributed by atoms with Gasteiger partial charge >= 0.3 is 6.09 Å². The van der Waals surface area contributed by atoms with Gasteiger partial charge in [-0.2, -0.15) is 0 Å². The van der Waals surface area contributed by atoms with E-state index >= 15 is 0 Å². The van der Waals surface area contributed by atoms with Crippen molar-refractivity contribution in [2.45, 2.75) is 193 Å². The van der Waals surface area contributed by atoms with Crippen LogP contribution in [0.3, 0.4) is 0 Å². The highest BCUT2D eigenvalue weighted by molar-refractivity contribution is 5.85. The van der Waals surface area contributed by atoms with Gasteiger partial charge in [0, 0.05) is 26.2 Å². The van der Waals surface area contributed by atoms with E-state index in [0.717, 1.165) is 30.4 Å². The molecule has 2 aromatic carbocycles. The fourth-order valence-electron chi connectivity index (χ4n) is 7.01. The van der Waals surface area contributed by atoms with Crippen LogP contribution < -0.4 is 15.4 Å². The molecule has 0 aliphatic carbocycles. The molecule has 0 saturated heterocycles. The van der Waals surface area contributed by atoms with Gasteiger partial charge in [-0.3, -0.25) is 4.79 Å². The van der Waals surface area contributed by atoms with Crippen molar-refractivity contribution in [3.63, 3.8) is 0 Å².